The number of likely N-dealkylation sites (N-methyl/N-ethyl adjacent to an activating group) is 1. The molecule has 0 aliphatic carbocycles. The highest BCUT2D eigenvalue weighted by atomic mass is 127. The lowest BCUT2D eigenvalue weighted by molar-refractivity contribution is -0.222. The third-order valence-corrected chi connectivity index (χ3v) is 4.43. The van der Waals surface area contributed by atoms with E-state index in [2.05, 4.69) is 25.6 Å². The highest BCUT2D eigenvalue weighted by Crippen LogP contribution is 2.35. The lowest BCUT2D eigenvalue weighted by atomic mass is 10.1. The second kappa shape index (κ2) is 7.21. The van der Waals surface area contributed by atoms with E-state index in [1.54, 1.807) is 25.0 Å². The molecule has 0 unspecified atom stereocenters. The van der Waals surface area contributed by atoms with Crippen LogP contribution in [0.3, 0.4) is 0 Å². The number of nitrogens with one attached hydrogen (secondary N) is 2. The molecule has 0 bridgehead atoms. The van der Waals surface area contributed by atoms with Crippen molar-refractivity contribution in [3.8, 4) is 0 Å². The van der Waals surface area contributed by atoms with Crippen molar-refractivity contribution >= 4 is 45.5 Å². The molecule has 3 rings (SSSR count). The largest absolute Gasteiger partial charge is 0.371 e. The molecule has 1 fully saturated rings. The molecule has 0 saturated carbocycles. The van der Waals surface area contributed by atoms with Gasteiger partial charge in [-0.05, 0) is 13.8 Å². The predicted octanol–water partition coefficient (Wildman–Crippen LogP) is 0.620. The number of aliphatic hydroxyl groups is 1. The Morgan fingerprint density at radius 3 is 2.81 bits per heavy atom. The van der Waals surface area contributed by atoms with E-state index in [0.29, 0.717) is 27.2 Å². The quantitative estimate of drug-likeness (QED) is 0.326. The Labute approximate surface area is 163 Å². The number of ether oxygens (including phenoxy) is 2. The first kappa shape index (κ1) is 19.2. The van der Waals surface area contributed by atoms with E-state index < -0.39 is 24.2 Å². The smallest absolute Gasteiger partial charge is 0.249 e. The number of rotatable bonds is 5. The molecule has 3 N–H and O–H groups in total. The third kappa shape index (κ3) is 3.75. The number of halogens is 1. The molecular formula is C15H21IN6O4. The van der Waals surface area contributed by atoms with Crippen molar-refractivity contribution < 1.29 is 19.4 Å². The molecule has 142 valence electrons. The van der Waals surface area contributed by atoms with Gasteiger partial charge >= 0.3 is 0 Å². The molecular weight excluding hydrogens is 455 g/mol. The fraction of sp³-hybridized carbons (Fsp3) is 0.600. The Balaban J connectivity index is 2.03. The van der Waals surface area contributed by atoms with E-state index in [9.17, 15) is 9.90 Å². The van der Waals surface area contributed by atoms with Gasteiger partial charge in [0.05, 0.1) is 6.33 Å². The Hall–Kier alpha value is -1.57. The highest BCUT2D eigenvalue weighted by molar-refractivity contribution is 14.1. The molecule has 11 heteroatoms. The van der Waals surface area contributed by atoms with Gasteiger partial charge < -0.3 is 25.2 Å². The van der Waals surface area contributed by atoms with Crippen LogP contribution in [0.2, 0.25) is 0 Å². The van der Waals surface area contributed by atoms with Crippen LogP contribution in [0.1, 0.15) is 26.5 Å². The Morgan fingerprint density at radius 1 is 1.46 bits per heavy atom. The van der Waals surface area contributed by atoms with Gasteiger partial charge in [0.25, 0.3) is 0 Å². The molecule has 0 radical (unpaired) electrons. The average molecular weight is 476 g/mol. The van der Waals surface area contributed by atoms with Crippen LogP contribution in [-0.4, -0.2) is 62.6 Å². The van der Waals surface area contributed by atoms with Gasteiger partial charge in [0.15, 0.2) is 32.8 Å². The van der Waals surface area contributed by atoms with E-state index in [4.69, 9.17) is 9.47 Å². The molecule has 10 nitrogen and oxygen atoms in total. The molecule has 3 atom stereocenters. The van der Waals surface area contributed by atoms with Crippen LogP contribution in [0.25, 0.3) is 11.2 Å². The zero-order valence-electron chi connectivity index (χ0n) is 14.9. The van der Waals surface area contributed by atoms with E-state index in [1.807, 2.05) is 22.6 Å². The van der Waals surface area contributed by atoms with Gasteiger partial charge in [-0.3, -0.25) is 9.36 Å². The summed E-state index contributed by atoms with van der Waals surface area (Å²) in [5.41, 5.74) is 1.14. The molecule has 1 amide bonds. The summed E-state index contributed by atoms with van der Waals surface area (Å²) in [6, 6.07) is 0. The van der Waals surface area contributed by atoms with Crippen molar-refractivity contribution in [3.05, 3.63) is 10.2 Å². The fourth-order valence-electron chi connectivity index (χ4n) is 2.94. The number of carbonyl (C=O) groups excluding carboxylic acids is 1. The topological polar surface area (TPSA) is 123 Å². The van der Waals surface area contributed by atoms with Crippen molar-refractivity contribution in [2.24, 2.45) is 0 Å². The SMILES string of the molecule is CNC(=O)[C@@H]1C[C@@H](OC(C)(C)O)[C@H](n2cnc3c(NC)nc(I)nc32)O1. The fourth-order valence-corrected chi connectivity index (χ4v) is 3.41. The maximum atomic E-state index is 12.0. The second-order valence-corrected chi connectivity index (χ2v) is 7.35. The molecule has 0 spiro atoms. The second-order valence-electron chi connectivity index (χ2n) is 6.38. The summed E-state index contributed by atoms with van der Waals surface area (Å²) >= 11 is 2.02. The van der Waals surface area contributed by atoms with Crippen LogP contribution >= 0.6 is 22.6 Å². The molecule has 2 aromatic heterocycles. The zero-order chi connectivity index (χ0) is 19.1. The van der Waals surface area contributed by atoms with Gasteiger partial charge in [-0.15, -0.1) is 0 Å². The number of nitrogens with zero attached hydrogens (tertiary/aromatic N) is 4. The summed E-state index contributed by atoms with van der Waals surface area (Å²) in [7, 11) is 3.30. The lowest BCUT2D eigenvalue weighted by Gasteiger charge is -2.27. The molecule has 2 aromatic rings. The zero-order valence-corrected chi connectivity index (χ0v) is 17.0. The van der Waals surface area contributed by atoms with E-state index in [0.717, 1.165) is 0 Å². The molecule has 26 heavy (non-hydrogen) atoms. The number of carbonyl (C=O) groups is 1. The minimum atomic E-state index is -1.38. The van der Waals surface area contributed by atoms with Crippen LogP contribution in [0.15, 0.2) is 6.33 Å². The minimum absolute atomic E-state index is 0.249. The predicted molar refractivity (Wildman–Crippen MR) is 101 cm³/mol. The van der Waals surface area contributed by atoms with Crippen LogP contribution in [0.4, 0.5) is 5.82 Å². The molecule has 1 aliphatic rings. The van der Waals surface area contributed by atoms with Gasteiger partial charge in [-0.1, -0.05) is 0 Å². The Bertz CT molecular complexity index is 820. The van der Waals surface area contributed by atoms with Gasteiger partial charge in [0.1, 0.15) is 12.2 Å². The minimum Gasteiger partial charge on any atom is -0.371 e. The summed E-state index contributed by atoms with van der Waals surface area (Å²) in [6.07, 6.45) is -0.0350. The van der Waals surface area contributed by atoms with Gasteiger partial charge in [-0.25, -0.2) is 15.0 Å². The summed E-state index contributed by atoms with van der Waals surface area (Å²) in [4.78, 5) is 25.2. The number of fused-ring (bicyclic) bond motifs is 1. The van der Waals surface area contributed by atoms with Gasteiger partial charge in [0, 0.05) is 43.1 Å². The van der Waals surface area contributed by atoms with Crippen molar-refractivity contribution in [2.75, 3.05) is 19.4 Å². The number of aromatic nitrogens is 4. The lowest BCUT2D eigenvalue weighted by Crippen LogP contribution is -2.34. The number of hydrogen-bond acceptors (Lipinski definition) is 8. The van der Waals surface area contributed by atoms with E-state index >= 15 is 0 Å². The number of anilines is 1. The van der Waals surface area contributed by atoms with Crippen molar-refractivity contribution in [3.63, 3.8) is 0 Å². The summed E-state index contributed by atoms with van der Waals surface area (Å²) in [5, 5.41) is 15.6. The normalized spacial score (nSPS) is 23.4. The third-order valence-electron chi connectivity index (χ3n) is 3.95. The Kier molecular flexibility index (Phi) is 5.33. The van der Waals surface area contributed by atoms with Crippen LogP contribution in [0, 0.1) is 3.83 Å². The first-order valence-electron chi connectivity index (χ1n) is 8.08. The number of imidazole rings is 1. The average Bonchev–Trinajstić information content (AvgIpc) is 3.15. The summed E-state index contributed by atoms with van der Waals surface area (Å²) in [6.45, 7) is 3.07. The van der Waals surface area contributed by atoms with E-state index in [1.165, 1.54) is 13.8 Å². The first-order chi connectivity index (χ1) is 12.2. The van der Waals surface area contributed by atoms with E-state index in [-0.39, 0.29) is 5.91 Å². The summed E-state index contributed by atoms with van der Waals surface area (Å²) < 4.78 is 13.9. The molecule has 1 aliphatic heterocycles. The highest BCUT2D eigenvalue weighted by Gasteiger charge is 2.43. The van der Waals surface area contributed by atoms with Crippen LogP contribution in [0.5, 0.6) is 0 Å². The van der Waals surface area contributed by atoms with Crippen molar-refractivity contribution in [2.45, 2.75) is 44.5 Å². The number of amides is 1. The van der Waals surface area contributed by atoms with Gasteiger partial charge in [0.2, 0.25) is 5.91 Å². The van der Waals surface area contributed by atoms with Crippen LogP contribution in [-0.2, 0) is 14.3 Å². The number of hydrogen-bond donors (Lipinski definition) is 3. The van der Waals surface area contributed by atoms with Gasteiger partial charge in [-0.2, -0.15) is 0 Å². The maximum Gasteiger partial charge on any atom is 0.249 e. The monoisotopic (exact) mass is 476 g/mol. The Morgan fingerprint density at radius 2 is 2.19 bits per heavy atom. The molecule has 0 aromatic carbocycles. The first-order valence-corrected chi connectivity index (χ1v) is 9.16. The standard InChI is InChI=1S/C15H21IN6O4/c1-15(2,24)26-8-5-7(12(23)18-4)25-13(8)22-6-19-9-10(17-3)20-14(16)21-11(9)22/h6-8,13,24H,5H2,1-4H3,(H,18,23)(H,17,20,21)/t7-,8+,13+/m0/s1. The van der Waals surface area contributed by atoms with Crippen LogP contribution < -0.4 is 10.6 Å². The molecule has 3 heterocycles. The van der Waals surface area contributed by atoms with Crippen molar-refractivity contribution in [1.29, 1.82) is 0 Å². The van der Waals surface area contributed by atoms with Crippen molar-refractivity contribution in [1.82, 2.24) is 24.8 Å². The molecule has 1 saturated heterocycles. The summed E-state index contributed by atoms with van der Waals surface area (Å²) in [5.74, 6) is -1.03. The maximum absolute atomic E-state index is 12.0.